The van der Waals surface area contributed by atoms with E-state index < -0.39 is 11.8 Å². The van der Waals surface area contributed by atoms with Crippen molar-refractivity contribution >= 4 is 27.7 Å². The number of nitrogens with zero attached hydrogens (tertiary/aromatic N) is 2. The van der Waals surface area contributed by atoms with Gasteiger partial charge in [-0.1, -0.05) is 0 Å². The Morgan fingerprint density at radius 3 is 2.72 bits per heavy atom. The second-order valence-electron chi connectivity index (χ2n) is 3.43. The predicted octanol–water partition coefficient (Wildman–Crippen LogP) is 2.33. The maximum Gasteiger partial charge on any atom is 0.341 e. The molecular weight excluding hydrogens is 305 g/mol. The molecule has 0 amide bonds. The molecule has 5 nitrogen and oxygen atoms in total. The summed E-state index contributed by atoms with van der Waals surface area (Å²) in [5.74, 6) is -1.50. The highest BCUT2D eigenvalue weighted by Crippen LogP contribution is 2.23. The molecule has 0 aliphatic heterocycles. The van der Waals surface area contributed by atoms with Gasteiger partial charge in [-0.3, -0.25) is 0 Å². The second-order valence-corrected chi connectivity index (χ2v) is 4.28. The average Bonchev–Trinajstić information content (AvgIpc) is 2.32. The number of aromatic carboxylic acids is 1. The lowest BCUT2D eigenvalue weighted by molar-refractivity contribution is 0.0697. The van der Waals surface area contributed by atoms with Crippen molar-refractivity contribution < 1.29 is 14.3 Å². The molecule has 1 heterocycles. The number of carboxylic acids is 1. The van der Waals surface area contributed by atoms with Gasteiger partial charge < -0.3 is 10.8 Å². The first-order valence-electron chi connectivity index (χ1n) is 4.80. The lowest BCUT2D eigenvalue weighted by Gasteiger charge is -2.04. The first kappa shape index (κ1) is 12.4. The summed E-state index contributed by atoms with van der Waals surface area (Å²) in [6, 6.07) is 4.23. The quantitative estimate of drug-likeness (QED) is 0.888. The van der Waals surface area contributed by atoms with E-state index >= 15 is 0 Å². The van der Waals surface area contributed by atoms with E-state index in [0.717, 1.165) is 6.20 Å². The van der Waals surface area contributed by atoms with Gasteiger partial charge in [0.1, 0.15) is 17.2 Å². The van der Waals surface area contributed by atoms with Gasteiger partial charge in [0.2, 0.25) is 0 Å². The van der Waals surface area contributed by atoms with E-state index in [4.69, 9.17) is 10.8 Å². The third kappa shape index (κ3) is 2.30. The summed E-state index contributed by atoms with van der Waals surface area (Å²) in [5.41, 5.74) is 5.88. The normalized spacial score (nSPS) is 10.3. The molecule has 0 bridgehead atoms. The Morgan fingerprint density at radius 2 is 2.17 bits per heavy atom. The van der Waals surface area contributed by atoms with Crippen LogP contribution in [0.5, 0.6) is 0 Å². The van der Waals surface area contributed by atoms with Crippen molar-refractivity contribution in [3.63, 3.8) is 0 Å². The minimum Gasteiger partial charge on any atom is -0.477 e. The van der Waals surface area contributed by atoms with Crippen LogP contribution >= 0.6 is 15.9 Å². The topological polar surface area (TPSA) is 89.1 Å². The van der Waals surface area contributed by atoms with E-state index in [0.29, 0.717) is 5.56 Å². The van der Waals surface area contributed by atoms with Crippen molar-refractivity contribution in [2.45, 2.75) is 0 Å². The van der Waals surface area contributed by atoms with E-state index in [2.05, 4.69) is 25.9 Å². The Balaban J connectivity index is 2.48. The number of anilines is 1. The Hall–Kier alpha value is -2.02. The smallest absolute Gasteiger partial charge is 0.341 e. The van der Waals surface area contributed by atoms with Gasteiger partial charge in [0.05, 0.1) is 4.47 Å². The van der Waals surface area contributed by atoms with Crippen molar-refractivity contribution in [2.24, 2.45) is 0 Å². The summed E-state index contributed by atoms with van der Waals surface area (Å²) in [6.07, 6.45) is 1.12. The maximum absolute atomic E-state index is 13.1. The third-order valence-corrected chi connectivity index (χ3v) is 2.83. The van der Waals surface area contributed by atoms with E-state index in [-0.39, 0.29) is 21.7 Å². The van der Waals surface area contributed by atoms with Crippen molar-refractivity contribution in [3.8, 4) is 11.4 Å². The molecule has 18 heavy (non-hydrogen) atoms. The standard InChI is InChI=1S/C11H7BrFN3O2/c12-7-3-5(1-2-8(7)13)10-15-4-6(11(17)18)9(14)16-10/h1-4H,(H,17,18)(H2,14,15,16). The third-order valence-electron chi connectivity index (χ3n) is 2.23. The molecule has 2 aromatic rings. The van der Waals surface area contributed by atoms with Crippen LogP contribution < -0.4 is 5.73 Å². The van der Waals surface area contributed by atoms with Gasteiger partial charge in [-0.2, -0.15) is 0 Å². The molecule has 0 spiro atoms. The summed E-state index contributed by atoms with van der Waals surface area (Å²) in [7, 11) is 0. The molecule has 0 saturated heterocycles. The Bertz CT molecular complexity index is 634. The van der Waals surface area contributed by atoms with Crippen LogP contribution in [0.1, 0.15) is 10.4 Å². The SMILES string of the molecule is Nc1nc(-c2ccc(F)c(Br)c2)ncc1C(=O)O. The molecule has 0 unspecified atom stereocenters. The number of aromatic nitrogens is 2. The number of carbonyl (C=O) groups is 1. The molecule has 7 heteroatoms. The van der Waals surface area contributed by atoms with Crippen molar-refractivity contribution in [2.75, 3.05) is 5.73 Å². The number of halogens is 2. The summed E-state index contributed by atoms with van der Waals surface area (Å²) in [6.45, 7) is 0. The molecule has 0 atom stereocenters. The maximum atomic E-state index is 13.1. The monoisotopic (exact) mass is 311 g/mol. The van der Waals surface area contributed by atoms with Gasteiger partial charge >= 0.3 is 5.97 Å². The lowest BCUT2D eigenvalue weighted by Crippen LogP contribution is -2.06. The minimum atomic E-state index is -1.20. The molecule has 0 aliphatic carbocycles. The Kier molecular flexibility index (Phi) is 3.24. The Morgan fingerprint density at radius 1 is 1.44 bits per heavy atom. The van der Waals surface area contributed by atoms with Gasteiger partial charge in [-0.15, -0.1) is 0 Å². The molecule has 1 aromatic heterocycles. The van der Waals surface area contributed by atoms with Gasteiger partial charge in [0.25, 0.3) is 0 Å². The fourth-order valence-corrected chi connectivity index (χ4v) is 1.71. The van der Waals surface area contributed by atoms with Gasteiger partial charge in [0.15, 0.2) is 5.82 Å². The molecule has 1 aromatic carbocycles. The molecule has 0 fully saturated rings. The summed E-state index contributed by atoms with van der Waals surface area (Å²) in [5, 5.41) is 8.79. The molecule has 0 radical (unpaired) electrons. The van der Waals surface area contributed by atoms with Crippen molar-refractivity contribution in [3.05, 3.63) is 40.2 Å². The number of carboxylic acid groups (broad SMARTS) is 1. The van der Waals surface area contributed by atoms with Crippen LogP contribution in [0.25, 0.3) is 11.4 Å². The lowest BCUT2D eigenvalue weighted by atomic mass is 10.2. The highest BCUT2D eigenvalue weighted by Gasteiger charge is 2.12. The van der Waals surface area contributed by atoms with Crippen LogP contribution in [0.4, 0.5) is 10.2 Å². The molecule has 92 valence electrons. The van der Waals surface area contributed by atoms with Gasteiger partial charge in [-0.05, 0) is 34.1 Å². The molecule has 0 saturated carbocycles. The minimum absolute atomic E-state index is 0.132. The number of benzene rings is 1. The van der Waals surface area contributed by atoms with Crippen LogP contribution in [-0.4, -0.2) is 21.0 Å². The van der Waals surface area contributed by atoms with E-state index in [1.807, 2.05) is 0 Å². The number of hydrogen-bond donors (Lipinski definition) is 2. The largest absolute Gasteiger partial charge is 0.477 e. The highest BCUT2D eigenvalue weighted by molar-refractivity contribution is 9.10. The van der Waals surface area contributed by atoms with Gasteiger partial charge in [0, 0.05) is 11.8 Å². The number of nitrogen functional groups attached to an aromatic ring is 1. The molecule has 3 N–H and O–H groups in total. The summed E-state index contributed by atoms with van der Waals surface area (Å²) < 4.78 is 13.3. The summed E-state index contributed by atoms with van der Waals surface area (Å²) in [4.78, 5) is 18.5. The zero-order chi connectivity index (χ0) is 13.3. The molecule has 2 rings (SSSR count). The fraction of sp³-hybridized carbons (Fsp3) is 0. The molecule has 0 aliphatic rings. The molecular formula is C11H7BrFN3O2. The number of nitrogens with two attached hydrogens (primary N) is 1. The van der Waals surface area contributed by atoms with Crippen LogP contribution in [0.3, 0.4) is 0 Å². The summed E-state index contributed by atoms with van der Waals surface area (Å²) >= 11 is 3.04. The van der Waals surface area contributed by atoms with Crippen LogP contribution in [-0.2, 0) is 0 Å². The first-order valence-corrected chi connectivity index (χ1v) is 5.59. The fourth-order valence-electron chi connectivity index (χ4n) is 1.33. The van der Waals surface area contributed by atoms with E-state index in [1.54, 1.807) is 0 Å². The zero-order valence-corrected chi connectivity index (χ0v) is 10.5. The predicted molar refractivity (Wildman–Crippen MR) is 66.5 cm³/mol. The van der Waals surface area contributed by atoms with Crippen LogP contribution in [0, 0.1) is 5.82 Å². The van der Waals surface area contributed by atoms with E-state index in [9.17, 15) is 9.18 Å². The highest BCUT2D eigenvalue weighted by atomic mass is 79.9. The van der Waals surface area contributed by atoms with Crippen LogP contribution in [0.15, 0.2) is 28.9 Å². The van der Waals surface area contributed by atoms with Crippen LogP contribution in [0.2, 0.25) is 0 Å². The van der Waals surface area contributed by atoms with Crippen molar-refractivity contribution in [1.29, 1.82) is 0 Å². The Labute approximate surface area is 110 Å². The average molecular weight is 312 g/mol. The zero-order valence-electron chi connectivity index (χ0n) is 8.89. The second kappa shape index (κ2) is 4.69. The first-order chi connectivity index (χ1) is 8.49. The number of hydrogen-bond acceptors (Lipinski definition) is 4. The van der Waals surface area contributed by atoms with Gasteiger partial charge in [-0.25, -0.2) is 19.2 Å². The number of rotatable bonds is 2. The van der Waals surface area contributed by atoms with E-state index in [1.165, 1.54) is 18.2 Å². The van der Waals surface area contributed by atoms with Crippen molar-refractivity contribution in [1.82, 2.24) is 9.97 Å².